The van der Waals surface area contributed by atoms with Gasteiger partial charge in [0, 0.05) is 18.8 Å². The zero-order valence-corrected chi connectivity index (χ0v) is 15.8. The van der Waals surface area contributed by atoms with Crippen molar-refractivity contribution >= 4 is 17.7 Å². The lowest BCUT2D eigenvalue weighted by molar-refractivity contribution is 0.0946. The van der Waals surface area contributed by atoms with Gasteiger partial charge in [-0.2, -0.15) is 0 Å². The van der Waals surface area contributed by atoms with Crippen LogP contribution in [0.15, 0.2) is 48.5 Å². The number of amides is 2. The summed E-state index contributed by atoms with van der Waals surface area (Å²) in [6, 6.07) is 14.3. The fourth-order valence-electron chi connectivity index (χ4n) is 2.27. The van der Waals surface area contributed by atoms with Crippen LogP contribution in [-0.2, 0) is 11.3 Å². The summed E-state index contributed by atoms with van der Waals surface area (Å²) in [6.07, 6.45) is -0.526. The highest BCUT2D eigenvalue weighted by molar-refractivity contribution is 5.96. The molecule has 2 aromatic rings. The molecular formula is C20H25N3O4. The van der Waals surface area contributed by atoms with E-state index in [0.717, 1.165) is 12.1 Å². The summed E-state index contributed by atoms with van der Waals surface area (Å²) in [6.45, 7) is 1.64. The lowest BCUT2D eigenvalue weighted by atomic mass is 10.1. The molecule has 0 heterocycles. The van der Waals surface area contributed by atoms with E-state index in [0.29, 0.717) is 30.2 Å². The van der Waals surface area contributed by atoms with Crippen LogP contribution in [0.25, 0.3) is 0 Å². The second-order valence-electron chi connectivity index (χ2n) is 6.14. The number of methoxy groups -OCH3 is 1. The van der Waals surface area contributed by atoms with Gasteiger partial charge in [-0.05, 0) is 43.9 Å². The predicted molar refractivity (Wildman–Crippen MR) is 104 cm³/mol. The Morgan fingerprint density at radius 2 is 1.74 bits per heavy atom. The fourth-order valence-corrected chi connectivity index (χ4v) is 2.27. The van der Waals surface area contributed by atoms with Gasteiger partial charge in [-0.25, -0.2) is 4.79 Å². The molecule has 0 radical (unpaired) electrons. The predicted octanol–water partition coefficient (Wildman–Crippen LogP) is 2.74. The van der Waals surface area contributed by atoms with Crippen molar-refractivity contribution in [3.05, 3.63) is 59.7 Å². The highest BCUT2D eigenvalue weighted by Crippen LogP contribution is 2.18. The lowest BCUT2D eigenvalue weighted by Crippen LogP contribution is -2.24. The van der Waals surface area contributed by atoms with Crippen molar-refractivity contribution < 1.29 is 19.1 Å². The number of hydrogen-bond acceptors (Lipinski definition) is 5. The molecule has 2 N–H and O–H groups in total. The average molecular weight is 371 g/mol. The molecule has 2 aromatic carbocycles. The van der Waals surface area contributed by atoms with Crippen LogP contribution in [0.2, 0.25) is 0 Å². The molecule has 0 fully saturated rings. The SMILES string of the molecule is COC(=O)Nc1ccc(CNC(=O)c2ccccc2OCCN(C)C)cc1. The molecule has 7 nitrogen and oxygen atoms in total. The van der Waals surface area contributed by atoms with E-state index in [-0.39, 0.29) is 5.91 Å². The first-order chi connectivity index (χ1) is 13.0. The van der Waals surface area contributed by atoms with Gasteiger partial charge in [0.05, 0.1) is 12.7 Å². The van der Waals surface area contributed by atoms with E-state index in [1.807, 2.05) is 37.2 Å². The normalized spacial score (nSPS) is 10.4. The Labute approximate surface area is 159 Å². The van der Waals surface area contributed by atoms with E-state index in [4.69, 9.17) is 4.74 Å². The summed E-state index contributed by atoms with van der Waals surface area (Å²) < 4.78 is 10.3. The molecule has 0 aliphatic carbocycles. The summed E-state index contributed by atoms with van der Waals surface area (Å²) >= 11 is 0. The maximum Gasteiger partial charge on any atom is 0.411 e. The van der Waals surface area contributed by atoms with E-state index in [9.17, 15) is 9.59 Å². The van der Waals surface area contributed by atoms with Gasteiger partial charge in [0.25, 0.3) is 5.91 Å². The highest BCUT2D eigenvalue weighted by Gasteiger charge is 2.12. The van der Waals surface area contributed by atoms with Gasteiger partial charge in [-0.1, -0.05) is 24.3 Å². The van der Waals surface area contributed by atoms with Crippen molar-refractivity contribution in [1.82, 2.24) is 10.2 Å². The number of carbonyl (C=O) groups excluding carboxylic acids is 2. The van der Waals surface area contributed by atoms with E-state index < -0.39 is 6.09 Å². The van der Waals surface area contributed by atoms with Gasteiger partial charge < -0.3 is 19.7 Å². The molecule has 0 bridgehead atoms. The third-order valence-electron chi connectivity index (χ3n) is 3.77. The summed E-state index contributed by atoms with van der Waals surface area (Å²) in [5, 5.41) is 5.46. The monoisotopic (exact) mass is 371 g/mol. The van der Waals surface area contributed by atoms with Crippen LogP contribution < -0.4 is 15.4 Å². The summed E-state index contributed by atoms with van der Waals surface area (Å²) in [5.74, 6) is 0.363. The minimum Gasteiger partial charge on any atom is -0.491 e. The van der Waals surface area contributed by atoms with Crippen LogP contribution in [0.4, 0.5) is 10.5 Å². The van der Waals surface area contributed by atoms with E-state index in [2.05, 4.69) is 15.4 Å². The summed E-state index contributed by atoms with van der Waals surface area (Å²) in [5.41, 5.74) is 2.03. The molecule has 0 atom stereocenters. The van der Waals surface area contributed by atoms with Crippen LogP contribution >= 0.6 is 0 Å². The van der Waals surface area contributed by atoms with Crippen molar-refractivity contribution in [1.29, 1.82) is 0 Å². The second kappa shape index (κ2) is 10.2. The van der Waals surface area contributed by atoms with Crippen LogP contribution in [0.3, 0.4) is 0 Å². The molecule has 2 rings (SSSR count). The maximum atomic E-state index is 12.5. The summed E-state index contributed by atoms with van der Waals surface area (Å²) in [4.78, 5) is 25.7. The number of ether oxygens (including phenoxy) is 2. The molecule has 0 saturated carbocycles. The molecule has 0 aliphatic rings. The van der Waals surface area contributed by atoms with Gasteiger partial charge >= 0.3 is 6.09 Å². The van der Waals surface area contributed by atoms with Crippen molar-refractivity contribution in [2.24, 2.45) is 0 Å². The quantitative estimate of drug-likeness (QED) is 0.746. The zero-order chi connectivity index (χ0) is 19.6. The zero-order valence-electron chi connectivity index (χ0n) is 15.8. The molecule has 0 aliphatic heterocycles. The minimum atomic E-state index is -0.526. The van der Waals surface area contributed by atoms with Crippen LogP contribution in [0.5, 0.6) is 5.75 Å². The number of benzene rings is 2. The molecule has 7 heteroatoms. The van der Waals surface area contributed by atoms with Crippen molar-refractivity contribution in [2.45, 2.75) is 6.54 Å². The van der Waals surface area contributed by atoms with Crippen LogP contribution in [-0.4, -0.2) is 51.3 Å². The van der Waals surface area contributed by atoms with E-state index >= 15 is 0 Å². The molecule has 0 unspecified atom stereocenters. The standard InChI is InChI=1S/C20H25N3O4/c1-23(2)12-13-27-18-7-5-4-6-17(18)19(24)21-14-15-8-10-16(11-9-15)22-20(25)26-3/h4-11H,12-14H2,1-3H3,(H,21,24)(H,22,25). The van der Waals surface area contributed by atoms with Gasteiger partial charge in [-0.3, -0.25) is 10.1 Å². The van der Waals surface area contributed by atoms with E-state index in [1.165, 1.54) is 7.11 Å². The number of anilines is 1. The number of nitrogens with zero attached hydrogens (tertiary/aromatic N) is 1. The van der Waals surface area contributed by atoms with Gasteiger partial charge in [0.1, 0.15) is 12.4 Å². The fraction of sp³-hybridized carbons (Fsp3) is 0.300. The molecule has 27 heavy (non-hydrogen) atoms. The minimum absolute atomic E-state index is 0.202. The number of hydrogen-bond donors (Lipinski definition) is 2. The Hall–Kier alpha value is -3.06. The maximum absolute atomic E-state index is 12.5. The highest BCUT2D eigenvalue weighted by atomic mass is 16.5. The largest absolute Gasteiger partial charge is 0.491 e. The van der Waals surface area contributed by atoms with Crippen LogP contribution in [0, 0.1) is 0 Å². The third-order valence-corrected chi connectivity index (χ3v) is 3.77. The Balaban J connectivity index is 1.92. The summed E-state index contributed by atoms with van der Waals surface area (Å²) in [7, 11) is 5.24. The van der Waals surface area contributed by atoms with Crippen molar-refractivity contribution in [3.8, 4) is 5.75 Å². The topological polar surface area (TPSA) is 79.9 Å². The molecule has 144 valence electrons. The molecule has 0 spiro atoms. The number of nitrogens with one attached hydrogen (secondary N) is 2. The molecular weight excluding hydrogens is 346 g/mol. The molecule has 0 aromatic heterocycles. The second-order valence-corrected chi connectivity index (χ2v) is 6.14. The lowest BCUT2D eigenvalue weighted by Gasteiger charge is -2.14. The van der Waals surface area contributed by atoms with Crippen LogP contribution in [0.1, 0.15) is 15.9 Å². The smallest absolute Gasteiger partial charge is 0.411 e. The Morgan fingerprint density at radius 1 is 1.04 bits per heavy atom. The first kappa shape index (κ1) is 20.3. The number of likely N-dealkylation sites (N-methyl/N-ethyl adjacent to an activating group) is 1. The first-order valence-corrected chi connectivity index (χ1v) is 8.58. The Morgan fingerprint density at radius 3 is 2.41 bits per heavy atom. The van der Waals surface area contributed by atoms with Crippen molar-refractivity contribution in [3.63, 3.8) is 0 Å². The van der Waals surface area contributed by atoms with Crippen molar-refractivity contribution in [2.75, 3.05) is 39.7 Å². The molecule has 2 amide bonds. The van der Waals surface area contributed by atoms with Gasteiger partial charge in [0.15, 0.2) is 0 Å². The first-order valence-electron chi connectivity index (χ1n) is 8.58. The Bertz CT molecular complexity index is 760. The Kier molecular flexibility index (Phi) is 7.63. The third kappa shape index (κ3) is 6.63. The van der Waals surface area contributed by atoms with Gasteiger partial charge in [0.2, 0.25) is 0 Å². The number of para-hydroxylation sites is 1. The molecule has 0 saturated heterocycles. The number of carbonyl (C=O) groups is 2. The van der Waals surface area contributed by atoms with E-state index in [1.54, 1.807) is 30.3 Å². The number of rotatable bonds is 8. The van der Waals surface area contributed by atoms with Gasteiger partial charge in [-0.15, -0.1) is 0 Å². The average Bonchev–Trinajstić information content (AvgIpc) is 2.67.